The number of thioether (sulfide) groups is 1. The Labute approximate surface area is 211 Å². The lowest BCUT2D eigenvalue weighted by Crippen LogP contribution is -2.25. The normalized spacial score (nSPS) is 18.2. The fourth-order valence-corrected chi connectivity index (χ4v) is 6.48. The third-order valence-corrected chi connectivity index (χ3v) is 9.04. The van der Waals surface area contributed by atoms with E-state index >= 15 is 0 Å². The Kier molecular flexibility index (Phi) is 7.60. The number of halogens is 1. The number of hydrogen-bond acceptors (Lipinski definition) is 4. The fraction of sp³-hybridized carbons (Fsp3) is 0.259. The van der Waals surface area contributed by atoms with Gasteiger partial charge in [0.15, 0.2) is 0 Å². The monoisotopic (exact) mass is 512 g/mol. The van der Waals surface area contributed by atoms with Gasteiger partial charge in [-0.25, -0.2) is 8.42 Å². The average molecular weight is 513 g/mol. The lowest BCUT2D eigenvalue weighted by atomic mass is 9.84. The second kappa shape index (κ2) is 10.5. The molecule has 5 rings (SSSR count). The van der Waals surface area contributed by atoms with Gasteiger partial charge in [-0.2, -0.15) is 0 Å². The van der Waals surface area contributed by atoms with E-state index in [9.17, 15) is 8.42 Å². The minimum Gasteiger partial charge on any atom is -0.384 e. The molecular formula is C27H29ClN2O2S2. The van der Waals surface area contributed by atoms with Crippen molar-refractivity contribution in [3.63, 3.8) is 0 Å². The molecular weight excluding hydrogens is 484 g/mol. The Balaban J connectivity index is 0.000000291. The van der Waals surface area contributed by atoms with Crippen LogP contribution in [0, 0.1) is 19.8 Å². The predicted octanol–water partition coefficient (Wildman–Crippen LogP) is 7.25. The number of benzene rings is 3. The molecule has 4 nitrogen and oxygen atoms in total. The number of sulfonamides is 1. The maximum Gasteiger partial charge on any atom is 0.263 e. The maximum atomic E-state index is 13.0. The fourth-order valence-electron chi connectivity index (χ4n) is 4.32. The number of hydrogen-bond donors (Lipinski definition) is 2. The summed E-state index contributed by atoms with van der Waals surface area (Å²) >= 11 is 8.38. The van der Waals surface area contributed by atoms with Gasteiger partial charge in [-0.15, -0.1) is 11.8 Å². The number of nitrogens with one attached hydrogen (secondary N) is 2. The molecule has 0 fully saturated rings. The van der Waals surface area contributed by atoms with E-state index in [-0.39, 0.29) is 10.8 Å². The summed E-state index contributed by atoms with van der Waals surface area (Å²) in [5.74, 6) is 0.612. The number of anilines is 2. The quantitative estimate of drug-likeness (QED) is 0.285. The summed E-state index contributed by atoms with van der Waals surface area (Å²) in [7, 11) is -3.77. The summed E-state index contributed by atoms with van der Waals surface area (Å²) in [4.78, 5) is 1.45. The summed E-state index contributed by atoms with van der Waals surface area (Å²) in [6, 6.07) is 19.2. The van der Waals surface area contributed by atoms with E-state index in [4.69, 9.17) is 11.6 Å². The Morgan fingerprint density at radius 3 is 2.47 bits per heavy atom. The molecule has 1 aliphatic heterocycles. The molecule has 3 aromatic carbocycles. The van der Waals surface area contributed by atoms with Crippen LogP contribution in [0.2, 0.25) is 5.02 Å². The van der Waals surface area contributed by atoms with Gasteiger partial charge in [-0.3, -0.25) is 4.72 Å². The molecule has 0 saturated heterocycles. The van der Waals surface area contributed by atoms with Crippen LogP contribution < -0.4 is 10.0 Å². The van der Waals surface area contributed by atoms with Gasteiger partial charge < -0.3 is 5.32 Å². The van der Waals surface area contributed by atoms with Crippen LogP contribution in [0.5, 0.6) is 0 Å². The standard InChI is InChI=1S/C20H21ClN2O2S.C7H8S/c1-12-6-7-15(10-13(12)2)23-26(24,25)18-9-8-17-19(20(18)21)16-5-3-4-14(16)11-22-17;1-8-7-5-3-2-4-6-7/h3,5-10,14,16,22-23H,4,11H2,1-2H3;2-6H,1H3. The largest absolute Gasteiger partial charge is 0.384 e. The van der Waals surface area contributed by atoms with Crippen molar-refractivity contribution in [1.29, 1.82) is 0 Å². The topological polar surface area (TPSA) is 58.2 Å². The molecule has 1 heterocycles. The predicted molar refractivity (Wildman–Crippen MR) is 145 cm³/mol. The lowest BCUT2D eigenvalue weighted by molar-refractivity contribution is 0.521. The van der Waals surface area contributed by atoms with Crippen molar-refractivity contribution in [3.8, 4) is 0 Å². The van der Waals surface area contributed by atoms with Gasteiger partial charge in [-0.1, -0.05) is 48.0 Å². The number of aryl methyl sites for hydroxylation is 2. The van der Waals surface area contributed by atoms with Crippen molar-refractivity contribution >= 4 is 44.8 Å². The van der Waals surface area contributed by atoms with E-state index in [1.165, 1.54) is 4.90 Å². The van der Waals surface area contributed by atoms with Crippen LogP contribution >= 0.6 is 23.4 Å². The lowest BCUT2D eigenvalue weighted by Gasteiger charge is -2.30. The third-order valence-electron chi connectivity index (χ3n) is 6.35. The highest BCUT2D eigenvalue weighted by molar-refractivity contribution is 7.98. The summed E-state index contributed by atoms with van der Waals surface area (Å²) in [6.07, 6.45) is 7.36. The van der Waals surface area contributed by atoms with Crippen molar-refractivity contribution in [2.75, 3.05) is 22.8 Å². The van der Waals surface area contributed by atoms with E-state index in [0.717, 1.165) is 35.3 Å². The minimum atomic E-state index is -3.77. The average Bonchev–Trinajstić information content (AvgIpc) is 3.31. The van der Waals surface area contributed by atoms with Crippen LogP contribution in [0.25, 0.3) is 0 Å². The van der Waals surface area contributed by atoms with Crippen molar-refractivity contribution in [2.45, 2.75) is 36.0 Å². The molecule has 0 radical (unpaired) electrons. The zero-order valence-electron chi connectivity index (χ0n) is 19.5. The number of fused-ring (bicyclic) bond motifs is 3. The third kappa shape index (κ3) is 5.29. The van der Waals surface area contributed by atoms with E-state index in [1.54, 1.807) is 23.9 Å². The smallest absolute Gasteiger partial charge is 0.263 e. The van der Waals surface area contributed by atoms with Gasteiger partial charge >= 0.3 is 0 Å². The zero-order chi connectivity index (χ0) is 24.3. The Bertz CT molecular complexity index is 1310. The van der Waals surface area contributed by atoms with Crippen LogP contribution in [0.4, 0.5) is 11.4 Å². The van der Waals surface area contributed by atoms with Gasteiger partial charge in [0.1, 0.15) is 4.90 Å². The van der Waals surface area contributed by atoms with Crippen molar-refractivity contribution in [3.05, 3.63) is 94.5 Å². The molecule has 1 aliphatic carbocycles. The molecule has 178 valence electrons. The molecule has 2 atom stereocenters. The molecule has 2 unspecified atom stereocenters. The Hall–Kier alpha value is -2.41. The van der Waals surface area contributed by atoms with E-state index in [0.29, 0.717) is 16.6 Å². The van der Waals surface area contributed by atoms with Crippen LogP contribution in [0.3, 0.4) is 0 Å². The first kappa shape index (κ1) is 24.7. The second-order valence-electron chi connectivity index (χ2n) is 8.59. The van der Waals surface area contributed by atoms with Crippen molar-refractivity contribution < 1.29 is 8.42 Å². The maximum absolute atomic E-state index is 13.0. The molecule has 3 aromatic rings. The first-order valence-electron chi connectivity index (χ1n) is 11.2. The first-order valence-corrected chi connectivity index (χ1v) is 14.3. The first-order chi connectivity index (χ1) is 16.3. The van der Waals surface area contributed by atoms with Crippen LogP contribution in [-0.4, -0.2) is 21.2 Å². The summed E-state index contributed by atoms with van der Waals surface area (Å²) in [5.41, 5.74) is 4.50. The summed E-state index contributed by atoms with van der Waals surface area (Å²) in [5, 5.41) is 3.69. The molecule has 0 amide bonds. The summed E-state index contributed by atoms with van der Waals surface area (Å²) in [6.45, 7) is 4.83. The molecule has 7 heteroatoms. The molecule has 0 spiro atoms. The van der Waals surface area contributed by atoms with E-state index in [1.807, 2.05) is 50.2 Å². The van der Waals surface area contributed by atoms with Crippen LogP contribution in [0.1, 0.15) is 29.0 Å². The van der Waals surface area contributed by atoms with Gasteiger partial charge in [0.2, 0.25) is 0 Å². The van der Waals surface area contributed by atoms with E-state index < -0.39 is 10.0 Å². The highest BCUT2D eigenvalue weighted by Crippen LogP contribution is 2.46. The molecule has 0 aromatic heterocycles. The highest BCUT2D eigenvalue weighted by atomic mass is 35.5. The molecule has 34 heavy (non-hydrogen) atoms. The molecule has 0 saturated carbocycles. The Morgan fingerprint density at radius 1 is 1.03 bits per heavy atom. The van der Waals surface area contributed by atoms with Crippen LogP contribution in [-0.2, 0) is 10.0 Å². The van der Waals surface area contributed by atoms with Crippen LogP contribution in [0.15, 0.2) is 82.6 Å². The second-order valence-corrected chi connectivity index (χ2v) is 11.5. The minimum absolute atomic E-state index is 0.124. The zero-order valence-corrected chi connectivity index (χ0v) is 21.9. The van der Waals surface area contributed by atoms with Crippen molar-refractivity contribution in [2.24, 2.45) is 5.92 Å². The number of rotatable bonds is 4. The number of allylic oxidation sites excluding steroid dienone is 2. The van der Waals surface area contributed by atoms with Gasteiger partial charge in [-0.05, 0) is 80.0 Å². The molecule has 0 bridgehead atoms. The van der Waals surface area contributed by atoms with Gasteiger partial charge in [0, 0.05) is 34.3 Å². The molecule has 2 N–H and O–H groups in total. The SMILES string of the molecule is CSc1ccccc1.Cc1ccc(NS(=O)(=O)c2ccc3c(c2Cl)C2C=CCC2CN3)cc1C. The van der Waals surface area contributed by atoms with E-state index in [2.05, 4.69) is 40.6 Å². The van der Waals surface area contributed by atoms with Gasteiger partial charge in [0.25, 0.3) is 10.0 Å². The highest BCUT2D eigenvalue weighted by Gasteiger charge is 2.34. The summed E-state index contributed by atoms with van der Waals surface area (Å²) < 4.78 is 28.6. The molecule has 2 aliphatic rings. The van der Waals surface area contributed by atoms with Gasteiger partial charge in [0.05, 0.1) is 5.02 Å². The Morgan fingerprint density at radius 2 is 1.79 bits per heavy atom. The van der Waals surface area contributed by atoms with Crippen molar-refractivity contribution in [1.82, 2.24) is 0 Å².